The Morgan fingerprint density at radius 2 is 1.62 bits per heavy atom. The first kappa shape index (κ1) is 21.0. The first-order chi connectivity index (χ1) is 9.50. The molecule has 0 spiro atoms. The van der Waals surface area contributed by atoms with Gasteiger partial charge in [0.1, 0.15) is 0 Å². The molecule has 1 rings (SSSR count). The molecule has 5 heteroatoms. The lowest BCUT2D eigenvalue weighted by molar-refractivity contribution is 0.181. The Balaban J connectivity index is 0.00000400. The fraction of sp³-hybridized carbons (Fsp3) is 0.938. The van der Waals surface area contributed by atoms with Gasteiger partial charge in [-0.3, -0.25) is 9.89 Å². The third-order valence-corrected chi connectivity index (χ3v) is 4.17. The molecular weight excluding hydrogens is 375 g/mol. The van der Waals surface area contributed by atoms with Crippen LogP contribution in [0.25, 0.3) is 0 Å². The zero-order chi connectivity index (χ0) is 15.0. The summed E-state index contributed by atoms with van der Waals surface area (Å²) in [7, 11) is 0. The average Bonchev–Trinajstić information content (AvgIpc) is 2.62. The van der Waals surface area contributed by atoms with Crippen molar-refractivity contribution in [3.8, 4) is 0 Å². The zero-order valence-electron chi connectivity index (χ0n) is 14.3. The van der Waals surface area contributed by atoms with Crippen LogP contribution in [-0.4, -0.2) is 42.1 Å². The van der Waals surface area contributed by atoms with Gasteiger partial charge in [-0.05, 0) is 40.5 Å². The number of aliphatic imine (C=N–C) groups is 1. The highest BCUT2D eigenvalue weighted by atomic mass is 127. The van der Waals surface area contributed by atoms with Crippen molar-refractivity contribution in [3.63, 3.8) is 0 Å². The van der Waals surface area contributed by atoms with Crippen LogP contribution in [0.15, 0.2) is 4.99 Å². The van der Waals surface area contributed by atoms with Gasteiger partial charge in [0.2, 0.25) is 0 Å². The molecule has 0 unspecified atom stereocenters. The van der Waals surface area contributed by atoms with Crippen LogP contribution in [0.1, 0.15) is 66.2 Å². The standard InChI is InChI=1S/C16H34N4.HI/c1-13(2)20(14(3)4)12-11-18-16(17)19-15-9-7-5-6-8-10-15;/h13-15H,5-12H2,1-4H3,(H3,17,18,19);1H. The van der Waals surface area contributed by atoms with Crippen molar-refractivity contribution >= 4 is 29.9 Å². The molecule has 1 aliphatic rings. The van der Waals surface area contributed by atoms with Gasteiger partial charge in [0, 0.05) is 24.7 Å². The summed E-state index contributed by atoms with van der Waals surface area (Å²) in [4.78, 5) is 6.94. The van der Waals surface area contributed by atoms with E-state index in [1.54, 1.807) is 0 Å². The molecule has 0 aromatic carbocycles. The van der Waals surface area contributed by atoms with Crippen molar-refractivity contribution < 1.29 is 0 Å². The summed E-state index contributed by atoms with van der Waals surface area (Å²) in [5.74, 6) is 0.629. The maximum absolute atomic E-state index is 6.01. The molecule has 0 radical (unpaired) electrons. The molecular formula is C16H35IN4. The third-order valence-electron chi connectivity index (χ3n) is 4.17. The maximum Gasteiger partial charge on any atom is 0.188 e. The number of hydrogen-bond acceptors (Lipinski definition) is 2. The van der Waals surface area contributed by atoms with Crippen LogP contribution < -0.4 is 11.1 Å². The molecule has 1 saturated carbocycles. The second kappa shape index (κ2) is 11.5. The zero-order valence-corrected chi connectivity index (χ0v) is 16.6. The molecule has 0 heterocycles. The Morgan fingerprint density at radius 1 is 1.10 bits per heavy atom. The predicted molar refractivity (Wildman–Crippen MR) is 104 cm³/mol. The highest BCUT2D eigenvalue weighted by Gasteiger charge is 2.14. The summed E-state index contributed by atoms with van der Waals surface area (Å²) in [6.45, 7) is 10.7. The minimum absolute atomic E-state index is 0. The van der Waals surface area contributed by atoms with Crippen LogP contribution in [0.4, 0.5) is 0 Å². The van der Waals surface area contributed by atoms with Gasteiger partial charge in [0.25, 0.3) is 0 Å². The lowest BCUT2D eigenvalue weighted by Gasteiger charge is -2.29. The normalized spacial score (nSPS) is 18.0. The Morgan fingerprint density at radius 3 is 2.10 bits per heavy atom. The van der Waals surface area contributed by atoms with Gasteiger partial charge in [0.05, 0.1) is 6.54 Å². The van der Waals surface area contributed by atoms with Gasteiger partial charge in [-0.2, -0.15) is 0 Å². The highest BCUT2D eigenvalue weighted by Crippen LogP contribution is 2.16. The van der Waals surface area contributed by atoms with Crippen LogP contribution in [0.2, 0.25) is 0 Å². The van der Waals surface area contributed by atoms with E-state index in [1.165, 1.54) is 38.5 Å². The van der Waals surface area contributed by atoms with Gasteiger partial charge in [-0.25, -0.2) is 0 Å². The Kier molecular flexibility index (Phi) is 11.5. The lowest BCUT2D eigenvalue weighted by atomic mass is 10.1. The topological polar surface area (TPSA) is 53.6 Å². The molecule has 3 N–H and O–H groups in total. The molecule has 21 heavy (non-hydrogen) atoms. The molecule has 0 aromatic heterocycles. The molecule has 0 atom stereocenters. The van der Waals surface area contributed by atoms with E-state index in [4.69, 9.17) is 5.73 Å². The summed E-state index contributed by atoms with van der Waals surface area (Å²) < 4.78 is 0. The molecule has 0 amide bonds. The SMILES string of the molecule is CC(C)N(CCN=C(N)NC1CCCCCC1)C(C)C.I. The minimum Gasteiger partial charge on any atom is -0.370 e. The first-order valence-corrected chi connectivity index (χ1v) is 8.33. The maximum atomic E-state index is 6.01. The summed E-state index contributed by atoms with van der Waals surface area (Å²) in [6.07, 6.45) is 7.85. The minimum atomic E-state index is 0. The van der Waals surface area contributed by atoms with Gasteiger partial charge in [0.15, 0.2) is 5.96 Å². The van der Waals surface area contributed by atoms with Gasteiger partial charge in [-0.15, -0.1) is 24.0 Å². The van der Waals surface area contributed by atoms with E-state index in [-0.39, 0.29) is 24.0 Å². The van der Waals surface area contributed by atoms with E-state index in [9.17, 15) is 0 Å². The van der Waals surface area contributed by atoms with Crippen molar-refractivity contribution in [1.29, 1.82) is 0 Å². The number of halogens is 1. The molecule has 0 bridgehead atoms. The Hall–Kier alpha value is -0.0400. The van der Waals surface area contributed by atoms with Crippen LogP contribution in [0.3, 0.4) is 0 Å². The Bertz CT molecular complexity index is 276. The van der Waals surface area contributed by atoms with Gasteiger partial charge < -0.3 is 11.1 Å². The number of hydrogen-bond donors (Lipinski definition) is 2. The largest absolute Gasteiger partial charge is 0.370 e. The van der Waals surface area contributed by atoms with Gasteiger partial charge in [-0.1, -0.05) is 25.7 Å². The van der Waals surface area contributed by atoms with E-state index >= 15 is 0 Å². The summed E-state index contributed by atoms with van der Waals surface area (Å²) >= 11 is 0. The fourth-order valence-electron chi connectivity index (χ4n) is 3.08. The first-order valence-electron chi connectivity index (χ1n) is 8.33. The molecule has 0 aromatic rings. The van der Waals surface area contributed by atoms with Gasteiger partial charge >= 0.3 is 0 Å². The van der Waals surface area contributed by atoms with Crippen molar-refractivity contribution in [2.75, 3.05) is 13.1 Å². The van der Waals surface area contributed by atoms with Crippen LogP contribution in [0, 0.1) is 0 Å². The second-order valence-electron chi connectivity index (χ2n) is 6.53. The molecule has 0 aliphatic heterocycles. The number of nitrogens with zero attached hydrogens (tertiary/aromatic N) is 2. The van der Waals surface area contributed by atoms with Crippen molar-refractivity contribution in [3.05, 3.63) is 0 Å². The number of nitrogens with one attached hydrogen (secondary N) is 1. The lowest BCUT2D eigenvalue weighted by Crippen LogP contribution is -2.41. The quantitative estimate of drug-likeness (QED) is 0.306. The molecule has 1 aliphatic carbocycles. The van der Waals surface area contributed by atoms with E-state index in [0.717, 1.165) is 13.1 Å². The number of rotatable bonds is 6. The average molecular weight is 410 g/mol. The second-order valence-corrected chi connectivity index (χ2v) is 6.53. The highest BCUT2D eigenvalue weighted by molar-refractivity contribution is 14.0. The predicted octanol–water partition coefficient (Wildman–Crippen LogP) is 3.35. The van der Waals surface area contributed by atoms with E-state index in [0.29, 0.717) is 24.1 Å². The van der Waals surface area contributed by atoms with Crippen LogP contribution >= 0.6 is 24.0 Å². The van der Waals surface area contributed by atoms with Crippen molar-refractivity contribution in [1.82, 2.24) is 10.2 Å². The summed E-state index contributed by atoms with van der Waals surface area (Å²) in [5.41, 5.74) is 6.01. The monoisotopic (exact) mass is 410 g/mol. The number of nitrogens with two attached hydrogens (primary N) is 1. The van der Waals surface area contributed by atoms with Crippen molar-refractivity contribution in [2.45, 2.75) is 84.3 Å². The molecule has 0 saturated heterocycles. The summed E-state index contributed by atoms with van der Waals surface area (Å²) in [6, 6.07) is 1.65. The number of guanidine groups is 1. The summed E-state index contributed by atoms with van der Waals surface area (Å²) in [5, 5.41) is 3.40. The molecule has 126 valence electrons. The van der Waals surface area contributed by atoms with E-state index in [1.807, 2.05) is 0 Å². The Labute approximate surface area is 148 Å². The fourth-order valence-corrected chi connectivity index (χ4v) is 3.08. The molecule has 4 nitrogen and oxygen atoms in total. The van der Waals surface area contributed by atoms with Crippen molar-refractivity contribution in [2.24, 2.45) is 10.7 Å². The van der Waals surface area contributed by atoms with Crippen LogP contribution in [0.5, 0.6) is 0 Å². The van der Waals surface area contributed by atoms with Crippen LogP contribution in [-0.2, 0) is 0 Å². The smallest absolute Gasteiger partial charge is 0.188 e. The molecule has 1 fully saturated rings. The third kappa shape index (κ3) is 8.86. The van der Waals surface area contributed by atoms with E-state index in [2.05, 4.69) is 42.9 Å². The van der Waals surface area contributed by atoms with E-state index < -0.39 is 0 Å².